The van der Waals surface area contributed by atoms with E-state index in [9.17, 15) is 17.6 Å². The number of H-pyrrole nitrogens is 1. The summed E-state index contributed by atoms with van der Waals surface area (Å²) in [7, 11) is -0.628. The van der Waals surface area contributed by atoms with Gasteiger partial charge in [-0.05, 0) is 36.4 Å². The number of aromatic nitrogens is 3. The minimum absolute atomic E-state index is 0.0340. The predicted molar refractivity (Wildman–Crippen MR) is 108 cm³/mol. The highest BCUT2D eigenvalue weighted by Gasteiger charge is 2.17. The second kappa shape index (κ2) is 8.72. The Kier molecular flexibility index (Phi) is 6.30. The molecule has 1 heterocycles. The van der Waals surface area contributed by atoms with Crippen molar-refractivity contribution in [1.29, 1.82) is 0 Å². The Morgan fingerprint density at radius 1 is 1.17 bits per heavy atom. The lowest BCUT2D eigenvalue weighted by Gasteiger charge is -2.11. The summed E-state index contributed by atoms with van der Waals surface area (Å²) >= 11 is 1.09. The van der Waals surface area contributed by atoms with Crippen LogP contribution in [0.2, 0.25) is 0 Å². The molecular formula is C18H18FN5O3S2. The van der Waals surface area contributed by atoms with E-state index in [1.54, 1.807) is 18.2 Å². The maximum Gasteiger partial charge on any atom is 0.242 e. The van der Waals surface area contributed by atoms with Crippen molar-refractivity contribution in [1.82, 2.24) is 19.5 Å². The maximum atomic E-state index is 13.8. The molecule has 0 spiro atoms. The molecule has 0 aliphatic rings. The molecule has 0 aliphatic heterocycles. The Bertz CT molecular complexity index is 1110. The van der Waals surface area contributed by atoms with Crippen LogP contribution in [-0.2, 0) is 14.8 Å². The van der Waals surface area contributed by atoms with Crippen LogP contribution in [0.25, 0.3) is 11.4 Å². The standard InChI is InChI=1S/C18H18FN5O3S2/c1-24(2)29(26,27)13-9-7-12(8-10-13)20-16(25)11-28-18-21-17(22-23-18)14-5-3-4-6-15(14)19/h3-10H,11H2,1-2H3,(H,20,25)(H,21,22,23). The largest absolute Gasteiger partial charge is 0.325 e. The number of carbonyl (C=O) groups is 1. The Hall–Kier alpha value is -2.76. The number of rotatable bonds is 7. The zero-order valence-electron chi connectivity index (χ0n) is 15.6. The van der Waals surface area contributed by atoms with E-state index >= 15 is 0 Å². The summed E-state index contributed by atoms with van der Waals surface area (Å²) in [5.41, 5.74) is 0.763. The van der Waals surface area contributed by atoms with Gasteiger partial charge in [-0.25, -0.2) is 22.1 Å². The first-order chi connectivity index (χ1) is 13.8. The SMILES string of the molecule is CN(C)S(=O)(=O)c1ccc(NC(=O)CSc2n[nH]c(-c3ccccc3F)n2)cc1. The third-order valence-electron chi connectivity index (χ3n) is 3.84. The van der Waals surface area contributed by atoms with Crippen LogP contribution in [0.15, 0.2) is 58.6 Å². The molecule has 3 aromatic rings. The molecule has 2 aromatic carbocycles. The van der Waals surface area contributed by atoms with Crippen LogP contribution in [0.5, 0.6) is 0 Å². The van der Waals surface area contributed by atoms with Crippen molar-refractivity contribution in [3.63, 3.8) is 0 Å². The molecule has 0 unspecified atom stereocenters. The van der Waals surface area contributed by atoms with Crippen LogP contribution < -0.4 is 5.32 Å². The minimum Gasteiger partial charge on any atom is -0.325 e. The van der Waals surface area contributed by atoms with Gasteiger partial charge >= 0.3 is 0 Å². The highest BCUT2D eigenvalue weighted by molar-refractivity contribution is 7.99. The van der Waals surface area contributed by atoms with E-state index in [-0.39, 0.29) is 22.4 Å². The number of hydrogen-bond donors (Lipinski definition) is 2. The summed E-state index contributed by atoms with van der Waals surface area (Å²) in [6.07, 6.45) is 0. The zero-order valence-corrected chi connectivity index (χ0v) is 17.2. The number of sulfonamides is 1. The van der Waals surface area contributed by atoms with Crippen molar-refractivity contribution in [2.75, 3.05) is 25.2 Å². The summed E-state index contributed by atoms with van der Waals surface area (Å²) in [5.74, 6) is -0.413. The zero-order chi connectivity index (χ0) is 21.0. The van der Waals surface area contributed by atoms with Gasteiger partial charge in [0, 0.05) is 19.8 Å². The summed E-state index contributed by atoms with van der Waals surface area (Å²) < 4.78 is 39.0. The van der Waals surface area contributed by atoms with Crippen LogP contribution in [-0.4, -0.2) is 53.7 Å². The quantitative estimate of drug-likeness (QED) is 0.553. The van der Waals surface area contributed by atoms with Crippen LogP contribution in [0.3, 0.4) is 0 Å². The number of carbonyl (C=O) groups excluding carboxylic acids is 1. The van der Waals surface area contributed by atoms with Crippen molar-refractivity contribution in [2.24, 2.45) is 0 Å². The molecule has 1 aromatic heterocycles. The lowest BCUT2D eigenvalue weighted by molar-refractivity contribution is -0.113. The highest BCUT2D eigenvalue weighted by Crippen LogP contribution is 2.22. The number of aromatic amines is 1. The van der Waals surface area contributed by atoms with Gasteiger partial charge in [0.2, 0.25) is 21.1 Å². The van der Waals surface area contributed by atoms with E-state index in [0.717, 1.165) is 16.1 Å². The maximum absolute atomic E-state index is 13.8. The van der Waals surface area contributed by atoms with Crippen LogP contribution >= 0.6 is 11.8 Å². The van der Waals surface area contributed by atoms with Gasteiger partial charge < -0.3 is 5.32 Å². The first kappa shape index (κ1) is 21.0. The van der Waals surface area contributed by atoms with Crippen molar-refractivity contribution < 1.29 is 17.6 Å². The van der Waals surface area contributed by atoms with E-state index in [1.807, 2.05) is 0 Å². The summed E-state index contributed by atoms with van der Waals surface area (Å²) in [5, 5.41) is 9.61. The fourth-order valence-electron chi connectivity index (χ4n) is 2.33. The van der Waals surface area contributed by atoms with Gasteiger partial charge in [-0.3, -0.25) is 9.89 Å². The van der Waals surface area contributed by atoms with Crippen LogP contribution in [0.4, 0.5) is 10.1 Å². The Morgan fingerprint density at radius 2 is 1.86 bits per heavy atom. The molecule has 0 aliphatic carbocycles. The molecule has 8 nitrogen and oxygen atoms in total. The molecule has 29 heavy (non-hydrogen) atoms. The Balaban J connectivity index is 1.58. The molecule has 0 atom stereocenters. The minimum atomic E-state index is -3.52. The summed E-state index contributed by atoms with van der Waals surface area (Å²) in [6, 6.07) is 12.1. The molecule has 3 rings (SSSR count). The number of hydrogen-bond acceptors (Lipinski definition) is 6. The number of halogens is 1. The molecule has 0 fully saturated rings. The van der Waals surface area contributed by atoms with Gasteiger partial charge in [-0.15, -0.1) is 5.10 Å². The second-order valence-corrected chi connectivity index (χ2v) is 9.19. The average Bonchev–Trinajstić information content (AvgIpc) is 3.16. The molecule has 0 saturated heterocycles. The number of thioether (sulfide) groups is 1. The van der Waals surface area contributed by atoms with E-state index in [4.69, 9.17) is 0 Å². The van der Waals surface area contributed by atoms with Gasteiger partial charge in [0.15, 0.2) is 5.82 Å². The third kappa shape index (κ3) is 5.00. The van der Waals surface area contributed by atoms with Crippen molar-refractivity contribution in [2.45, 2.75) is 10.1 Å². The van der Waals surface area contributed by atoms with E-state index in [1.165, 1.54) is 44.4 Å². The molecule has 0 radical (unpaired) electrons. The number of benzene rings is 2. The predicted octanol–water partition coefficient (Wildman–Crippen LogP) is 2.59. The fraction of sp³-hybridized carbons (Fsp3) is 0.167. The Morgan fingerprint density at radius 3 is 2.52 bits per heavy atom. The Labute approximate surface area is 171 Å². The fourth-order valence-corrected chi connectivity index (χ4v) is 3.83. The van der Waals surface area contributed by atoms with Gasteiger partial charge in [0.1, 0.15) is 5.82 Å². The van der Waals surface area contributed by atoms with Crippen molar-refractivity contribution in [3.8, 4) is 11.4 Å². The first-order valence-electron chi connectivity index (χ1n) is 8.40. The number of nitrogens with zero attached hydrogens (tertiary/aromatic N) is 3. The highest BCUT2D eigenvalue weighted by atomic mass is 32.2. The van der Waals surface area contributed by atoms with Crippen LogP contribution in [0.1, 0.15) is 0 Å². The smallest absolute Gasteiger partial charge is 0.242 e. The van der Waals surface area contributed by atoms with E-state index in [0.29, 0.717) is 16.4 Å². The van der Waals surface area contributed by atoms with Crippen molar-refractivity contribution in [3.05, 3.63) is 54.3 Å². The first-order valence-corrected chi connectivity index (χ1v) is 10.8. The molecule has 2 N–H and O–H groups in total. The monoisotopic (exact) mass is 435 g/mol. The lowest BCUT2D eigenvalue weighted by Crippen LogP contribution is -2.22. The average molecular weight is 436 g/mol. The molecule has 1 amide bonds. The van der Waals surface area contributed by atoms with Gasteiger partial charge in [-0.2, -0.15) is 0 Å². The summed E-state index contributed by atoms with van der Waals surface area (Å²) in [4.78, 5) is 16.4. The van der Waals surface area contributed by atoms with Crippen LogP contribution in [0, 0.1) is 5.82 Å². The number of nitrogens with one attached hydrogen (secondary N) is 2. The van der Waals surface area contributed by atoms with Crippen molar-refractivity contribution >= 4 is 33.4 Å². The second-order valence-electron chi connectivity index (χ2n) is 6.10. The van der Waals surface area contributed by atoms with E-state index < -0.39 is 15.8 Å². The normalized spacial score (nSPS) is 11.6. The topological polar surface area (TPSA) is 108 Å². The molecule has 0 saturated carbocycles. The number of anilines is 1. The third-order valence-corrected chi connectivity index (χ3v) is 6.52. The molecule has 0 bridgehead atoms. The summed E-state index contributed by atoms with van der Waals surface area (Å²) in [6.45, 7) is 0. The van der Waals surface area contributed by atoms with E-state index in [2.05, 4.69) is 20.5 Å². The van der Waals surface area contributed by atoms with Gasteiger partial charge in [0.25, 0.3) is 0 Å². The molecular weight excluding hydrogens is 417 g/mol. The lowest BCUT2D eigenvalue weighted by atomic mass is 10.2. The molecule has 152 valence electrons. The number of amides is 1. The van der Waals surface area contributed by atoms with Gasteiger partial charge in [0.05, 0.1) is 16.2 Å². The molecule has 11 heteroatoms. The van der Waals surface area contributed by atoms with Gasteiger partial charge in [-0.1, -0.05) is 23.9 Å².